The van der Waals surface area contributed by atoms with Gasteiger partial charge >= 0.3 is 5.97 Å². The molecule has 0 aliphatic carbocycles. The number of carbonyl (C=O) groups is 1. The third kappa shape index (κ3) is 1.94. The van der Waals surface area contributed by atoms with Gasteiger partial charge in [-0.1, -0.05) is 42.5 Å². The number of benzene rings is 2. The Balaban J connectivity index is 2.04. The third-order valence-electron chi connectivity index (χ3n) is 3.68. The zero-order valence-corrected chi connectivity index (χ0v) is 12.4. The number of aromatic carboxylic acids is 1. The van der Waals surface area contributed by atoms with Crippen molar-refractivity contribution in [2.24, 2.45) is 0 Å². The molecule has 2 heterocycles. The summed E-state index contributed by atoms with van der Waals surface area (Å²) in [5.41, 5.74) is 2.79. The van der Waals surface area contributed by atoms with E-state index in [0.29, 0.717) is 11.6 Å². The van der Waals surface area contributed by atoms with Crippen LogP contribution in [-0.4, -0.2) is 20.6 Å². The molecule has 0 saturated heterocycles. The van der Waals surface area contributed by atoms with Crippen molar-refractivity contribution in [1.29, 1.82) is 0 Å². The van der Waals surface area contributed by atoms with Crippen LogP contribution in [0.15, 0.2) is 59.5 Å². The van der Waals surface area contributed by atoms with Gasteiger partial charge in [0.1, 0.15) is 5.82 Å². The zero-order chi connectivity index (χ0) is 15.1. The summed E-state index contributed by atoms with van der Waals surface area (Å²) in [5, 5.41) is 9.46. The first-order valence-electron chi connectivity index (χ1n) is 6.88. The Morgan fingerprint density at radius 3 is 2.59 bits per heavy atom. The SMILES string of the molecule is O=C(O)c1nc(-c2ccccc2)n2c1CSc1ccccc1-2. The minimum atomic E-state index is -0.981. The van der Waals surface area contributed by atoms with Gasteiger partial charge in [-0.3, -0.25) is 4.57 Å². The molecule has 0 saturated carbocycles. The minimum Gasteiger partial charge on any atom is -0.476 e. The maximum atomic E-state index is 11.5. The number of hydrogen-bond acceptors (Lipinski definition) is 3. The maximum Gasteiger partial charge on any atom is 0.356 e. The average molecular weight is 308 g/mol. The molecule has 0 unspecified atom stereocenters. The van der Waals surface area contributed by atoms with E-state index < -0.39 is 5.97 Å². The topological polar surface area (TPSA) is 55.1 Å². The van der Waals surface area contributed by atoms with E-state index in [4.69, 9.17) is 0 Å². The molecule has 22 heavy (non-hydrogen) atoms. The fraction of sp³-hybridized carbons (Fsp3) is 0.0588. The van der Waals surface area contributed by atoms with Crippen LogP contribution in [0, 0.1) is 0 Å². The Morgan fingerprint density at radius 2 is 1.82 bits per heavy atom. The van der Waals surface area contributed by atoms with Crippen molar-refractivity contribution >= 4 is 17.7 Å². The van der Waals surface area contributed by atoms with Crippen molar-refractivity contribution in [3.63, 3.8) is 0 Å². The molecule has 0 atom stereocenters. The Hall–Kier alpha value is -2.53. The van der Waals surface area contributed by atoms with Gasteiger partial charge in [0.2, 0.25) is 0 Å². The lowest BCUT2D eigenvalue weighted by Gasteiger charge is -2.20. The van der Waals surface area contributed by atoms with Gasteiger partial charge in [0.25, 0.3) is 0 Å². The van der Waals surface area contributed by atoms with Gasteiger partial charge in [0.05, 0.1) is 11.4 Å². The molecule has 1 aliphatic rings. The first-order chi connectivity index (χ1) is 10.8. The first-order valence-corrected chi connectivity index (χ1v) is 7.87. The summed E-state index contributed by atoms with van der Waals surface area (Å²) < 4.78 is 1.98. The van der Waals surface area contributed by atoms with E-state index in [1.807, 2.05) is 53.1 Å². The Kier molecular flexibility index (Phi) is 3.01. The molecule has 1 N–H and O–H groups in total. The second-order valence-electron chi connectivity index (χ2n) is 4.99. The van der Waals surface area contributed by atoms with Gasteiger partial charge in [-0.25, -0.2) is 9.78 Å². The number of carboxylic acids is 1. The van der Waals surface area contributed by atoms with Gasteiger partial charge in [-0.15, -0.1) is 11.8 Å². The van der Waals surface area contributed by atoms with Crippen molar-refractivity contribution < 1.29 is 9.90 Å². The predicted octanol–water partition coefficient (Wildman–Crippen LogP) is 3.84. The summed E-state index contributed by atoms with van der Waals surface area (Å²) in [6.45, 7) is 0. The number of hydrogen-bond donors (Lipinski definition) is 1. The second-order valence-corrected chi connectivity index (χ2v) is 6.01. The molecule has 0 radical (unpaired) electrons. The lowest BCUT2D eigenvalue weighted by Crippen LogP contribution is -2.10. The van der Waals surface area contributed by atoms with Crippen LogP contribution in [0.5, 0.6) is 0 Å². The number of carboxylic acid groups (broad SMARTS) is 1. The van der Waals surface area contributed by atoms with Crippen molar-refractivity contribution in [2.75, 3.05) is 0 Å². The fourth-order valence-electron chi connectivity index (χ4n) is 2.71. The quantitative estimate of drug-likeness (QED) is 0.781. The number of rotatable bonds is 2. The van der Waals surface area contributed by atoms with E-state index in [-0.39, 0.29) is 5.69 Å². The van der Waals surface area contributed by atoms with E-state index in [9.17, 15) is 9.90 Å². The van der Waals surface area contributed by atoms with Crippen LogP contribution in [0.2, 0.25) is 0 Å². The minimum absolute atomic E-state index is 0.140. The standard InChI is InChI=1S/C17H12N2O2S/c20-17(21)15-13-10-22-14-9-5-4-8-12(14)19(13)16(18-15)11-6-2-1-3-7-11/h1-9H,10H2,(H,20,21). The number of imidazole rings is 1. The first kappa shape index (κ1) is 13.2. The van der Waals surface area contributed by atoms with E-state index in [2.05, 4.69) is 11.1 Å². The highest BCUT2D eigenvalue weighted by Crippen LogP contribution is 2.39. The maximum absolute atomic E-state index is 11.5. The summed E-state index contributed by atoms with van der Waals surface area (Å²) >= 11 is 1.65. The molecule has 0 amide bonds. The van der Waals surface area contributed by atoms with Crippen LogP contribution in [0.4, 0.5) is 0 Å². The van der Waals surface area contributed by atoms with Crippen molar-refractivity contribution in [3.8, 4) is 17.1 Å². The lowest BCUT2D eigenvalue weighted by molar-refractivity contribution is 0.0690. The molecule has 1 aliphatic heterocycles. The molecular formula is C17H12N2O2S. The molecular weight excluding hydrogens is 296 g/mol. The summed E-state index contributed by atoms with van der Waals surface area (Å²) in [4.78, 5) is 17.1. The monoisotopic (exact) mass is 308 g/mol. The summed E-state index contributed by atoms with van der Waals surface area (Å²) in [6.07, 6.45) is 0. The lowest BCUT2D eigenvalue weighted by atomic mass is 10.2. The van der Waals surface area contributed by atoms with Gasteiger partial charge < -0.3 is 5.11 Å². The number of thioether (sulfide) groups is 1. The molecule has 108 valence electrons. The molecule has 0 fully saturated rings. The predicted molar refractivity (Wildman–Crippen MR) is 85.5 cm³/mol. The highest BCUT2D eigenvalue weighted by atomic mass is 32.2. The number of nitrogens with zero attached hydrogens (tertiary/aromatic N) is 2. The third-order valence-corrected chi connectivity index (χ3v) is 4.75. The Morgan fingerprint density at radius 1 is 1.09 bits per heavy atom. The van der Waals surface area contributed by atoms with E-state index in [1.54, 1.807) is 11.8 Å². The number of aromatic nitrogens is 2. The Labute approximate surface area is 131 Å². The van der Waals surface area contributed by atoms with Gasteiger partial charge in [-0.2, -0.15) is 0 Å². The average Bonchev–Trinajstić information content (AvgIpc) is 2.96. The smallest absolute Gasteiger partial charge is 0.356 e. The van der Waals surface area contributed by atoms with Gasteiger partial charge in [-0.05, 0) is 12.1 Å². The van der Waals surface area contributed by atoms with Crippen LogP contribution in [0.3, 0.4) is 0 Å². The number of para-hydroxylation sites is 1. The van der Waals surface area contributed by atoms with Crippen molar-refractivity contribution in [1.82, 2.24) is 9.55 Å². The second kappa shape index (κ2) is 5.03. The molecule has 4 rings (SSSR count). The molecule has 3 aromatic rings. The molecule has 0 bridgehead atoms. The molecule has 0 spiro atoms. The summed E-state index contributed by atoms with van der Waals surface area (Å²) in [7, 11) is 0. The van der Waals surface area contributed by atoms with Crippen LogP contribution in [-0.2, 0) is 5.75 Å². The van der Waals surface area contributed by atoms with E-state index in [0.717, 1.165) is 21.8 Å². The van der Waals surface area contributed by atoms with Crippen molar-refractivity contribution in [2.45, 2.75) is 10.6 Å². The molecule has 4 nitrogen and oxygen atoms in total. The molecule has 1 aromatic heterocycles. The van der Waals surface area contributed by atoms with Gasteiger partial charge in [0, 0.05) is 16.2 Å². The highest BCUT2D eigenvalue weighted by molar-refractivity contribution is 7.98. The normalized spacial score (nSPS) is 12.5. The molecule has 5 heteroatoms. The van der Waals surface area contributed by atoms with Crippen LogP contribution < -0.4 is 0 Å². The summed E-state index contributed by atoms with van der Waals surface area (Å²) in [6, 6.07) is 17.7. The largest absolute Gasteiger partial charge is 0.476 e. The van der Waals surface area contributed by atoms with Gasteiger partial charge in [0.15, 0.2) is 5.69 Å². The van der Waals surface area contributed by atoms with E-state index >= 15 is 0 Å². The molecule has 2 aromatic carbocycles. The fourth-order valence-corrected chi connectivity index (χ4v) is 3.75. The van der Waals surface area contributed by atoms with Crippen molar-refractivity contribution in [3.05, 3.63) is 66.0 Å². The Bertz CT molecular complexity index is 872. The zero-order valence-electron chi connectivity index (χ0n) is 11.6. The number of fused-ring (bicyclic) bond motifs is 3. The van der Waals surface area contributed by atoms with Crippen LogP contribution >= 0.6 is 11.8 Å². The highest BCUT2D eigenvalue weighted by Gasteiger charge is 2.27. The van der Waals surface area contributed by atoms with Crippen LogP contribution in [0.25, 0.3) is 17.1 Å². The van der Waals surface area contributed by atoms with E-state index in [1.165, 1.54) is 0 Å². The summed E-state index contributed by atoms with van der Waals surface area (Å²) in [5.74, 6) is 0.310. The van der Waals surface area contributed by atoms with Crippen LogP contribution in [0.1, 0.15) is 16.2 Å².